The van der Waals surface area contributed by atoms with Gasteiger partial charge in [-0.15, -0.1) is 0 Å². The number of hydrogen-bond acceptors (Lipinski definition) is 6. The van der Waals surface area contributed by atoms with Crippen LogP contribution >= 0.6 is 15.9 Å². The van der Waals surface area contributed by atoms with Crippen molar-refractivity contribution >= 4 is 21.9 Å². The summed E-state index contributed by atoms with van der Waals surface area (Å²) < 4.78 is 27.7. The molecule has 0 aliphatic rings. The summed E-state index contributed by atoms with van der Waals surface area (Å²) in [5.74, 6) is 0.989. The zero-order valence-corrected chi connectivity index (χ0v) is 20.5. The molecular formula is C26H27BrO6. The number of rotatable bonds is 11. The first-order valence-electron chi connectivity index (χ1n) is 10.4. The molecule has 6 nitrogen and oxygen atoms in total. The smallest absolute Gasteiger partial charge is 0.313 e. The van der Waals surface area contributed by atoms with E-state index in [4.69, 9.17) is 23.7 Å². The molecule has 0 aliphatic carbocycles. The highest BCUT2D eigenvalue weighted by molar-refractivity contribution is 9.10. The van der Waals surface area contributed by atoms with E-state index in [1.165, 1.54) is 7.11 Å². The van der Waals surface area contributed by atoms with Crippen LogP contribution in [0.1, 0.15) is 22.6 Å². The van der Waals surface area contributed by atoms with Crippen LogP contribution < -0.4 is 14.2 Å². The maximum absolute atomic E-state index is 12.7. The number of hydrogen-bond donors (Lipinski definition) is 0. The molecule has 0 heterocycles. The van der Waals surface area contributed by atoms with Crippen LogP contribution in [0.5, 0.6) is 17.2 Å². The van der Waals surface area contributed by atoms with Gasteiger partial charge in [-0.25, -0.2) is 0 Å². The Morgan fingerprint density at radius 3 is 2.27 bits per heavy atom. The molecule has 0 spiro atoms. The third-order valence-corrected chi connectivity index (χ3v) is 5.99. The second-order valence-electron chi connectivity index (χ2n) is 7.24. The van der Waals surface area contributed by atoms with Crippen LogP contribution in [-0.2, 0) is 27.3 Å². The maximum atomic E-state index is 12.7. The van der Waals surface area contributed by atoms with E-state index in [9.17, 15) is 4.79 Å². The van der Waals surface area contributed by atoms with Crippen LogP contribution in [0.3, 0.4) is 0 Å². The fourth-order valence-corrected chi connectivity index (χ4v) is 3.99. The van der Waals surface area contributed by atoms with E-state index in [1.54, 1.807) is 20.3 Å². The third-order valence-electron chi connectivity index (χ3n) is 5.12. The average Bonchev–Trinajstić information content (AvgIpc) is 2.86. The summed E-state index contributed by atoms with van der Waals surface area (Å²) in [6.07, 6.45) is 0.408. The van der Waals surface area contributed by atoms with Crippen molar-refractivity contribution in [2.24, 2.45) is 0 Å². The second-order valence-corrected chi connectivity index (χ2v) is 8.04. The minimum absolute atomic E-state index is 0.0727. The lowest BCUT2D eigenvalue weighted by atomic mass is 9.91. The first kappa shape index (κ1) is 24.6. The van der Waals surface area contributed by atoms with E-state index in [1.807, 2.05) is 60.7 Å². The van der Waals surface area contributed by atoms with E-state index in [0.29, 0.717) is 29.0 Å². The molecule has 0 amide bonds. The highest BCUT2D eigenvalue weighted by atomic mass is 79.9. The Bertz CT molecular complexity index is 1040. The van der Waals surface area contributed by atoms with E-state index >= 15 is 0 Å². The Labute approximate surface area is 202 Å². The largest absolute Gasteiger partial charge is 0.493 e. The molecule has 0 N–H and O–H groups in total. The number of ether oxygens (including phenoxy) is 5. The summed E-state index contributed by atoms with van der Waals surface area (Å²) in [4.78, 5) is 12.7. The summed E-state index contributed by atoms with van der Waals surface area (Å²) in [6, 6.07) is 21.2. The van der Waals surface area contributed by atoms with Crippen LogP contribution in [0, 0.1) is 0 Å². The third kappa shape index (κ3) is 6.49. The summed E-state index contributed by atoms with van der Waals surface area (Å²) in [6.45, 7) is 0.549. The standard InChI is InChI=1S/C26H27BrO6/c1-29-17-33-25-23(30-2)14-11-20(24(25)27)15-22(26(28)31-3)19-9-12-21(13-10-19)32-16-18-7-5-4-6-8-18/h4-14,22H,15-17H2,1-3H3/t22-/m1/s1. The van der Waals surface area contributed by atoms with Crippen molar-refractivity contribution in [1.82, 2.24) is 0 Å². The topological polar surface area (TPSA) is 63.2 Å². The zero-order valence-electron chi connectivity index (χ0n) is 18.9. The number of benzene rings is 3. The molecule has 3 aromatic rings. The summed E-state index contributed by atoms with van der Waals surface area (Å²) >= 11 is 3.60. The van der Waals surface area contributed by atoms with Crippen molar-refractivity contribution in [3.05, 3.63) is 87.9 Å². The van der Waals surface area contributed by atoms with Gasteiger partial charge in [0.05, 0.1) is 24.6 Å². The number of carbonyl (C=O) groups is 1. The van der Waals surface area contributed by atoms with Crippen molar-refractivity contribution in [2.75, 3.05) is 28.1 Å². The van der Waals surface area contributed by atoms with E-state index in [0.717, 1.165) is 22.4 Å². The Morgan fingerprint density at radius 1 is 0.909 bits per heavy atom. The number of esters is 1. The fraction of sp³-hybridized carbons (Fsp3) is 0.269. The van der Waals surface area contributed by atoms with E-state index in [-0.39, 0.29) is 12.8 Å². The fourth-order valence-electron chi connectivity index (χ4n) is 3.39. The molecule has 3 rings (SSSR count). The van der Waals surface area contributed by atoms with Crippen molar-refractivity contribution in [1.29, 1.82) is 0 Å². The lowest BCUT2D eigenvalue weighted by Crippen LogP contribution is -2.17. The predicted octanol–water partition coefficient (Wildman–Crippen LogP) is 5.52. The first-order chi connectivity index (χ1) is 16.1. The highest BCUT2D eigenvalue weighted by Crippen LogP contribution is 2.40. The van der Waals surface area contributed by atoms with Crippen LogP contribution in [0.25, 0.3) is 0 Å². The molecule has 0 bridgehead atoms. The quantitative estimate of drug-likeness (QED) is 0.248. The van der Waals surface area contributed by atoms with Crippen molar-refractivity contribution in [2.45, 2.75) is 18.9 Å². The normalized spacial score (nSPS) is 11.5. The summed E-state index contributed by atoms with van der Waals surface area (Å²) in [5.41, 5.74) is 2.79. The molecule has 0 saturated carbocycles. The number of methoxy groups -OCH3 is 3. The molecule has 0 fully saturated rings. The maximum Gasteiger partial charge on any atom is 0.313 e. The SMILES string of the molecule is COCOc1c(OC)ccc(C[C@@H](C(=O)OC)c2ccc(OCc3ccccc3)cc2)c1Br. The molecule has 1 atom stereocenters. The number of halogens is 1. The van der Waals surface area contributed by atoms with Gasteiger partial charge >= 0.3 is 5.97 Å². The Morgan fingerprint density at radius 2 is 1.64 bits per heavy atom. The Kier molecular flexibility index (Phi) is 9.15. The van der Waals surface area contributed by atoms with Crippen LogP contribution in [0.15, 0.2) is 71.2 Å². The van der Waals surface area contributed by atoms with Crippen LogP contribution in [-0.4, -0.2) is 34.1 Å². The molecule has 3 aromatic carbocycles. The van der Waals surface area contributed by atoms with E-state index in [2.05, 4.69) is 15.9 Å². The molecule has 0 aliphatic heterocycles. The predicted molar refractivity (Wildman–Crippen MR) is 129 cm³/mol. The lowest BCUT2D eigenvalue weighted by Gasteiger charge is -2.19. The molecule has 0 unspecified atom stereocenters. The molecule has 7 heteroatoms. The minimum atomic E-state index is -0.502. The van der Waals surface area contributed by atoms with Gasteiger partial charge in [0, 0.05) is 7.11 Å². The summed E-state index contributed by atoms with van der Waals surface area (Å²) in [7, 11) is 4.51. The molecule has 0 radical (unpaired) electrons. The monoisotopic (exact) mass is 514 g/mol. The van der Waals surface area contributed by atoms with Crippen LogP contribution in [0.2, 0.25) is 0 Å². The van der Waals surface area contributed by atoms with Gasteiger partial charge in [-0.2, -0.15) is 0 Å². The lowest BCUT2D eigenvalue weighted by molar-refractivity contribution is -0.142. The van der Waals surface area contributed by atoms with Crippen molar-refractivity contribution in [3.63, 3.8) is 0 Å². The van der Waals surface area contributed by atoms with Crippen LogP contribution in [0.4, 0.5) is 0 Å². The first-order valence-corrected chi connectivity index (χ1v) is 11.2. The van der Waals surface area contributed by atoms with Crippen molar-refractivity contribution in [3.8, 4) is 17.2 Å². The summed E-state index contributed by atoms with van der Waals surface area (Å²) in [5, 5.41) is 0. The average molecular weight is 515 g/mol. The molecule has 0 aromatic heterocycles. The molecular weight excluding hydrogens is 488 g/mol. The zero-order chi connectivity index (χ0) is 23.6. The van der Waals surface area contributed by atoms with E-state index < -0.39 is 5.92 Å². The van der Waals surface area contributed by atoms with Crippen molar-refractivity contribution < 1.29 is 28.5 Å². The van der Waals surface area contributed by atoms with Gasteiger partial charge in [0.25, 0.3) is 0 Å². The molecule has 174 valence electrons. The van der Waals surface area contributed by atoms with Gasteiger partial charge in [-0.05, 0) is 57.2 Å². The van der Waals surface area contributed by atoms with Gasteiger partial charge in [-0.3, -0.25) is 4.79 Å². The molecule has 0 saturated heterocycles. The Balaban J connectivity index is 1.79. The Hall–Kier alpha value is -3.03. The van der Waals surface area contributed by atoms with Gasteiger partial charge in [0.1, 0.15) is 12.4 Å². The minimum Gasteiger partial charge on any atom is -0.493 e. The molecule has 33 heavy (non-hydrogen) atoms. The van der Waals surface area contributed by atoms with Gasteiger partial charge < -0.3 is 23.7 Å². The van der Waals surface area contributed by atoms with Gasteiger partial charge in [0.15, 0.2) is 18.3 Å². The number of carbonyl (C=O) groups excluding carboxylic acids is 1. The highest BCUT2D eigenvalue weighted by Gasteiger charge is 2.25. The second kappa shape index (κ2) is 12.3. The van der Waals surface area contributed by atoms with Gasteiger partial charge in [0.2, 0.25) is 0 Å². The van der Waals surface area contributed by atoms with Gasteiger partial charge in [-0.1, -0.05) is 48.5 Å².